The smallest absolute Gasteiger partial charge is 0.164 e. The summed E-state index contributed by atoms with van der Waals surface area (Å²) in [6, 6.07) is 113. The van der Waals surface area contributed by atoms with Crippen LogP contribution in [0.1, 0.15) is 0 Å². The molecule has 4 heterocycles. The van der Waals surface area contributed by atoms with Crippen LogP contribution in [0, 0.1) is 0 Å². The van der Waals surface area contributed by atoms with Crippen molar-refractivity contribution < 1.29 is 0 Å². The molecule has 0 aliphatic rings. The fourth-order valence-electron chi connectivity index (χ4n) is 13.4. The topological polar surface area (TPSA) is 53.5 Å². The number of rotatable bonds is 10. The maximum Gasteiger partial charge on any atom is 0.164 e. The van der Waals surface area contributed by atoms with Crippen molar-refractivity contribution in [2.45, 2.75) is 0 Å². The van der Waals surface area contributed by atoms with Crippen LogP contribution in [0.4, 0.5) is 0 Å². The van der Waals surface area contributed by atoms with E-state index in [0.29, 0.717) is 17.5 Å². The first-order chi connectivity index (χ1) is 43.2. The van der Waals surface area contributed by atoms with E-state index in [4.69, 9.17) is 15.0 Å². The van der Waals surface area contributed by atoms with Gasteiger partial charge in [-0.25, -0.2) is 15.0 Å². The minimum atomic E-state index is 0.573. The molecular formula is C81H52N6. The van der Waals surface area contributed by atoms with Gasteiger partial charge >= 0.3 is 0 Å². The summed E-state index contributed by atoms with van der Waals surface area (Å²) in [6.07, 6.45) is 0. The lowest BCUT2D eigenvalue weighted by atomic mass is 9.96. The number of aromatic nitrogens is 6. The first-order valence-corrected chi connectivity index (χ1v) is 29.6. The van der Waals surface area contributed by atoms with Gasteiger partial charge in [0.1, 0.15) is 0 Å². The molecule has 0 N–H and O–H groups in total. The number of fused-ring (bicyclic) bond motifs is 9. The quantitative estimate of drug-likeness (QED) is 0.137. The van der Waals surface area contributed by atoms with E-state index >= 15 is 0 Å². The second kappa shape index (κ2) is 20.6. The number of hydrogen-bond donors (Lipinski definition) is 0. The second-order valence-corrected chi connectivity index (χ2v) is 22.3. The molecule has 0 spiro atoms. The lowest BCUT2D eigenvalue weighted by molar-refractivity contribution is 1.07. The van der Waals surface area contributed by atoms with Crippen LogP contribution in [-0.4, -0.2) is 28.7 Å². The van der Waals surface area contributed by atoms with Crippen molar-refractivity contribution >= 4 is 65.4 Å². The van der Waals surface area contributed by atoms with E-state index < -0.39 is 0 Å². The average Bonchev–Trinajstić information content (AvgIpc) is 1.87. The van der Waals surface area contributed by atoms with Crippen LogP contribution in [-0.2, 0) is 0 Å². The molecule has 0 atom stereocenters. The van der Waals surface area contributed by atoms with Crippen molar-refractivity contribution in [1.29, 1.82) is 0 Å². The number of nitrogens with zero attached hydrogens (tertiary/aromatic N) is 6. The highest BCUT2D eigenvalue weighted by molar-refractivity contribution is 6.16. The van der Waals surface area contributed by atoms with Crippen LogP contribution in [0.2, 0.25) is 0 Å². The lowest BCUT2D eigenvalue weighted by Gasteiger charge is -2.17. The Labute approximate surface area is 502 Å². The van der Waals surface area contributed by atoms with Gasteiger partial charge in [-0.15, -0.1) is 0 Å². The van der Waals surface area contributed by atoms with Crippen LogP contribution < -0.4 is 0 Å². The van der Waals surface area contributed by atoms with Crippen molar-refractivity contribution in [2.24, 2.45) is 0 Å². The third-order valence-corrected chi connectivity index (χ3v) is 17.3. The first-order valence-electron chi connectivity index (χ1n) is 29.6. The van der Waals surface area contributed by atoms with E-state index in [0.717, 1.165) is 111 Å². The molecule has 0 aliphatic heterocycles. The zero-order valence-corrected chi connectivity index (χ0v) is 47.2. The van der Waals surface area contributed by atoms with Crippen molar-refractivity contribution in [3.05, 3.63) is 315 Å². The third kappa shape index (κ3) is 8.37. The summed E-state index contributed by atoms with van der Waals surface area (Å²) in [5.74, 6) is 1.73. The highest BCUT2D eigenvalue weighted by Crippen LogP contribution is 2.43. The highest BCUT2D eigenvalue weighted by atomic mass is 15.0. The van der Waals surface area contributed by atoms with Gasteiger partial charge in [-0.05, 0) is 106 Å². The Morgan fingerprint density at radius 2 is 0.598 bits per heavy atom. The Bertz CT molecular complexity index is 5400. The molecule has 0 saturated carbocycles. The standard InChI is InChI=1S/C81H52N6/c1-4-22-53(23-5-1)57-47-49-75(86-70-36-15-10-30-64(70)65-31-11-16-37-71(65)86)69(51-57)55-42-44-56(45-43-55)79-82-80(59-27-20-26-58(50-59)63-35-21-41-76-78(63)68-34-14-19-40-74(68)85(76)61-28-8-3-9-29-61)84-81(83-79)60-46-48-62(54-24-6-2-7-25-54)77(52-60)87-72-38-17-12-32-66(72)67-33-13-18-39-73(67)87/h1-52H. The zero-order valence-electron chi connectivity index (χ0n) is 47.2. The van der Waals surface area contributed by atoms with Gasteiger partial charge < -0.3 is 13.7 Å². The Kier molecular flexibility index (Phi) is 11.8. The van der Waals surface area contributed by atoms with Crippen molar-refractivity contribution in [2.75, 3.05) is 0 Å². The van der Waals surface area contributed by atoms with E-state index in [1.165, 1.54) is 32.3 Å². The van der Waals surface area contributed by atoms with E-state index in [-0.39, 0.29) is 0 Å². The Hall–Kier alpha value is -11.7. The van der Waals surface area contributed by atoms with Crippen LogP contribution in [0.5, 0.6) is 0 Å². The second-order valence-electron chi connectivity index (χ2n) is 22.3. The maximum absolute atomic E-state index is 5.49. The van der Waals surface area contributed by atoms with Crippen LogP contribution in [0.15, 0.2) is 315 Å². The minimum Gasteiger partial charge on any atom is -0.309 e. The number of para-hydroxylation sites is 6. The lowest BCUT2D eigenvalue weighted by Crippen LogP contribution is -2.02. The molecule has 0 aliphatic carbocycles. The summed E-state index contributed by atoms with van der Waals surface area (Å²) >= 11 is 0. The van der Waals surface area contributed by atoms with Crippen LogP contribution >= 0.6 is 0 Å². The molecule has 0 unspecified atom stereocenters. The van der Waals surface area contributed by atoms with Gasteiger partial charge in [-0.2, -0.15) is 0 Å². The average molecular weight is 1110 g/mol. The summed E-state index contributed by atoms with van der Waals surface area (Å²) in [6.45, 7) is 0. The van der Waals surface area contributed by atoms with E-state index in [1.807, 2.05) is 0 Å². The molecule has 17 rings (SSSR count). The van der Waals surface area contributed by atoms with Crippen LogP contribution in [0.3, 0.4) is 0 Å². The SMILES string of the molecule is c1ccc(-c2ccc(-n3c4ccccc4c4ccccc43)c(-c3ccc(-c4nc(-c5cccc(-c6cccc7c6c6ccccc6n7-c6ccccc6)c5)nc(-c5ccc(-c6ccccc6)c(-n6c7ccccc7c7ccccc76)c5)n4)cc3)c2)cc1. The molecule has 17 aromatic rings. The van der Waals surface area contributed by atoms with Gasteiger partial charge in [0.05, 0.1) is 44.5 Å². The molecule has 0 bridgehead atoms. The highest BCUT2D eigenvalue weighted by Gasteiger charge is 2.22. The van der Waals surface area contributed by atoms with E-state index in [9.17, 15) is 0 Å². The van der Waals surface area contributed by atoms with Gasteiger partial charge in [-0.3, -0.25) is 0 Å². The summed E-state index contributed by atoms with van der Waals surface area (Å²) < 4.78 is 7.19. The summed E-state index contributed by atoms with van der Waals surface area (Å²) in [7, 11) is 0. The molecule has 87 heavy (non-hydrogen) atoms. The van der Waals surface area contributed by atoms with Crippen molar-refractivity contribution in [1.82, 2.24) is 28.7 Å². The van der Waals surface area contributed by atoms with Crippen molar-refractivity contribution in [3.63, 3.8) is 0 Å². The summed E-state index contributed by atoms with van der Waals surface area (Å²) in [5.41, 5.74) is 21.7. The monoisotopic (exact) mass is 1110 g/mol. The fourth-order valence-corrected chi connectivity index (χ4v) is 13.4. The Balaban J connectivity index is 0.860. The minimum absolute atomic E-state index is 0.573. The molecule has 0 fully saturated rings. The van der Waals surface area contributed by atoms with E-state index in [1.54, 1.807) is 0 Å². The van der Waals surface area contributed by atoms with Gasteiger partial charge in [0.2, 0.25) is 0 Å². The third-order valence-electron chi connectivity index (χ3n) is 17.3. The number of hydrogen-bond acceptors (Lipinski definition) is 3. The predicted octanol–water partition coefficient (Wildman–Crippen LogP) is 20.8. The molecular weight excluding hydrogens is 1060 g/mol. The predicted molar refractivity (Wildman–Crippen MR) is 361 cm³/mol. The Morgan fingerprint density at radius 3 is 1.20 bits per heavy atom. The van der Waals surface area contributed by atoms with Gasteiger partial charge in [0.25, 0.3) is 0 Å². The molecule has 13 aromatic carbocycles. The molecule has 4 aromatic heterocycles. The Morgan fingerprint density at radius 1 is 0.195 bits per heavy atom. The largest absolute Gasteiger partial charge is 0.309 e. The summed E-state index contributed by atoms with van der Waals surface area (Å²) in [4.78, 5) is 16.4. The maximum atomic E-state index is 5.49. The normalized spacial score (nSPS) is 11.7. The van der Waals surface area contributed by atoms with Gasteiger partial charge in [0, 0.05) is 65.8 Å². The molecule has 0 radical (unpaired) electrons. The first kappa shape index (κ1) is 49.8. The fraction of sp³-hybridized carbons (Fsp3) is 0. The van der Waals surface area contributed by atoms with E-state index in [2.05, 4.69) is 329 Å². The van der Waals surface area contributed by atoms with Gasteiger partial charge in [0.15, 0.2) is 17.5 Å². The van der Waals surface area contributed by atoms with Crippen molar-refractivity contribution in [3.8, 4) is 95.7 Å². The molecule has 0 amide bonds. The van der Waals surface area contributed by atoms with Gasteiger partial charge in [-0.1, -0.05) is 243 Å². The molecule has 0 saturated heterocycles. The summed E-state index contributed by atoms with van der Waals surface area (Å²) in [5, 5.41) is 7.21. The van der Waals surface area contributed by atoms with Crippen LogP contribution in [0.25, 0.3) is 161 Å². The molecule has 6 nitrogen and oxygen atoms in total. The zero-order chi connectivity index (χ0) is 57.4. The molecule has 6 heteroatoms. The molecule has 406 valence electrons. The number of benzene rings is 13.